The summed E-state index contributed by atoms with van der Waals surface area (Å²) >= 11 is 1.94. The molecule has 118 valence electrons. The van der Waals surface area contributed by atoms with E-state index >= 15 is 0 Å². The quantitative estimate of drug-likeness (QED) is 0.851. The van der Waals surface area contributed by atoms with E-state index in [0.29, 0.717) is 5.92 Å². The van der Waals surface area contributed by atoms with E-state index in [2.05, 4.69) is 33.7 Å². The summed E-state index contributed by atoms with van der Waals surface area (Å²) in [6, 6.07) is 0. The van der Waals surface area contributed by atoms with E-state index in [1.807, 2.05) is 18.0 Å². The van der Waals surface area contributed by atoms with E-state index in [0.717, 1.165) is 31.7 Å². The largest absolute Gasteiger partial charge is 0.289 e. The zero-order chi connectivity index (χ0) is 15.0. The molecule has 2 saturated heterocycles. The van der Waals surface area contributed by atoms with Crippen molar-refractivity contribution in [1.29, 1.82) is 0 Å². The van der Waals surface area contributed by atoms with Gasteiger partial charge in [-0.15, -0.1) is 11.8 Å². The molecule has 0 bridgehead atoms. The maximum absolute atomic E-state index is 12.8. The predicted molar refractivity (Wildman–Crippen MR) is 90.7 cm³/mol. The molecule has 4 nitrogen and oxygen atoms in total. The van der Waals surface area contributed by atoms with Gasteiger partial charge in [0.05, 0.1) is 16.4 Å². The van der Waals surface area contributed by atoms with Gasteiger partial charge in [0.1, 0.15) is 0 Å². The summed E-state index contributed by atoms with van der Waals surface area (Å²) in [6.07, 6.45) is 14.1. The molecule has 1 N–H and O–H groups in total. The first kappa shape index (κ1) is 14.5. The zero-order valence-corrected chi connectivity index (χ0v) is 13.6. The number of carbonyl (C=O) groups excluding carboxylic acids is 1. The number of hydrazine groups is 1. The smallest absolute Gasteiger partial charge is 0.238 e. The average molecular weight is 317 g/mol. The molecule has 0 aromatic rings. The third kappa shape index (κ3) is 2.35. The molecular formula is C17H23N3OS. The van der Waals surface area contributed by atoms with E-state index in [4.69, 9.17) is 0 Å². The Morgan fingerprint density at radius 3 is 3.09 bits per heavy atom. The summed E-state index contributed by atoms with van der Waals surface area (Å²) in [6.45, 7) is 1.99. The van der Waals surface area contributed by atoms with Gasteiger partial charge in [0, 0.05) is 25.1 Å². The molecule has 2 fully saturated rings. The normalized spacial score (nSPS) is 37.4. The van der Waals surface area contributed by atoms with Crippen LogP contribution in [-0.2, 0) is 4.79 Å². The number of amides is 1. The van der Waals surface area contributed by atoms with Crippen LogP contribution in [0.5, 0.6) is 0 Å². The Hall–Kier alpha value is -1.07. The number of thioether (sulfide) groups is 1. The molecule has 3 atom stereocenters. The summed E-state index contributed by atoms with van der Waals surface area (Å²) < 4.78 is 0.0490. The maximum Gasteiger partial charge on any atom is 0.238 e. The lowest BCUT2D eigenvalue weighted by Crippen LogP contribution is -2.50. The molecule has 5 heteroatoms. The summed E-state index contributed by atoms with van der Waals surface area (Å²) in [4.78, 5) is 17.4. The van der Waals surface area contributed by atoms with Crippen molar-refractivity contribution in [2.75, 3.05) is 18.8 Å². The van der Waals surface area contributed by atoms with Crippen LogP contribution in [0.2, 0.25) is 0 Å². The Kier molecular flexibility index (Phi) is 3.86. The maximum atomic E-state index is 12.8. The van der Waals surface area contributed by atoms with E-state index < -0.39 is 0 Å². The van der Waals surface area contributed by atoms with Crippen LogP contribution in [0.3, 0.4) is 0 Å². The van der Waals surface area contributed by atoms with Crippen molar-refractivity contribution in [3.63, 3.8) is 0 Å². The first-order chi connectivity index (χ1) is 10.8. The standard InChI is InChI=1S/C17H23N3OS/c21-16(19-20-10-4-1-5-11-20)13-12-22-17-8-3-2-6-15(17)18-9-7-14(13)17/h2-3,6,9,13-14H,1,4-5,7-8,10-12H2,(H,19,21). The van der Waals surface area contributed by atoms with Gasteiger partial charge in [-0.3, -0.25) is 15.2 Å². The number of carbonyl (C=O) groups is 1. The number of piperidine rings is 1. The van der Waals surface area contributed by atoms with Gasteiger partial charge in [-0.2, -0.15) is 0 Å². The minimum Gasteiger partial charge on any atom is -0.289 e. The van der Waals surface area contributed by atoms with Gasteiger partial charge in [-0.1, -0.05) is 18.6 Å². The molecule has 3 aliphatic heterocycles. The summed E-state index contributed by atoms with van der Waals surface area (Å²) in [5, 5.41) is 2.12. The predicted octanol–water partition coefficient (Wildman–Crippen LogP) is 2.54. The molecule has 3 unspecified atom stereocenters. The fourth-order valence-corrected chi connectivity index (χ4v) is 6.00. The van der Waals surface area contributed by atoms with Crippen LogP contribution in [0.15, 0.2) is 28.9 Å². The Balaban J connectivity index is 1.50. The van der Waals surface area contributed by atoms with Gasteiger partial charge in [-0.25, -0.2) is 5.01 Å². The number of nitrogens with zero attached hydrogens (tertiary/aromatic N) is 2. The lowest BCUT2D eigenvalue weighted by atomic mass is 9.74. The van der Waals surface area contributed by atoms with Gasteiger partial charge >= 0.3 is 0 Å². The first-order valence-corrected chi connectivity index (χ1v) is 9.37. The second-order valence-electron chi connectivity index (χ2n) is 6.67. The number of aliphatic imine (C=N–C) groups is 1. The fraction of sp³-hybridized carbons (Fsp3) is 0.647. The molecule has 3 heterocycles. The molecule has 1 aliphatic carbocycles. The highest BCUT2D eigenvalue weighted by molar-refractivity contribution is 8.01. The van der Waals surface area contributed by atoms with Crippen molar-refractivity contribution < 1.29 is 4.79 Å². The van der Waals surface area contributed by atoms with Gasteiger partial charge in [-0.05, 0) is 37.7 Å². The Morgan fingerprint density at radius 1 is 1.36 bits per heavy atom. The SMILES string of the molecule is O=C(NN1CCCCC1)C1CSC23CC=CC=C2N=CCC13. The van der Waals surface area contributed by atoms with Crippen LogP contribution in [-0.4, -0.2) is 40.7 Å². The second-order valence-corrected chi connectivity index (χ2v) is 8.02. The molecule has 0 aromatic carbocycles. The number of nitrogens with one attached hydrogen (secondary N) is 1. The first-order valence-electron chi connectivity index (χ1n) is 8.39. The van der Waals surface area contributed by atoms with E-state index in [9.17, 15) is 4.79 Å². The van der Waals surface area contributed by atoms with Gasteiger partial charge in [0.2, 0.25) is 5.91 Å². The Morgan fingerprint density at radius 2 is 2.23 bits per heavy atom. The van der Waals surface area contributed by atoms with Crippen LogP contribution in [0.1, 0.15) is 32.1 Å². The molecule has 0 aromatic heterocycles. The van der Waals surface area contributed by atoms with E-state index in [1.54, 1.807) is 0 Å². The fourth-order valence-electron chi connectivity index (χ4n) is 4.18. The highest BCUT2D eigenvalue weighted by Crippen LogP contribution is 2.57. The van der Waals surface area contributed by atoms with E-state index in [1.165, 1.54) is 25.0 Å². The highest BCUT2D eigenvalue weighted by atomic mass is 32.2. The molecule has 4 rings (SSSR count). The van der Waals surface area contributed by atoms with Crippen LogP contribution in [0.25, 0.3) is 0 Å². The van der Waals surface area contributed by atoms with Crippen LogP contribution in [0, 0.1) is 11.8 Å². The topological polar surface area (TPSA) is 44.7 Å². The van der Waals surface area contributed by atoms with Crippen LogP contribution in [0.4, 0.5) is 0 Å². The highest BCUT2D eigenvalue weighted by Gasteiger charge is 2.54. The average Bonchev–Trinajstić information content (AvgIpc) is 2.93. The zero-order valence-electron chi connectivity index (χ0n) is 12.8. The molecule has 1 spiro atoms. The number of hydrogen-bond donors (Lipinski definition) is 1. The lowest BCUT2D eigenvalue weighted by Gasteiger charge is -2.39. The molecule has 1 amide bonds. The van der Waals surface area contributed by atoms with Crippen molar-refractivity contribution in [2.24, 2.45) is 16.8 Å². The number of allylic oxidation sites excluding steroid dienone is 3. The van der Waals surface area contributed by atoms with Crippen molar-refractivity contribution in [2.45, 2.75) is 36.9 Å². The molecule has 22 heavy (non-hydrogen) atoms. The number of hydrogen-bond acceptors (Lipinski definition) is 4. The molecule has 4 aliphatic rings. The van der Waals surface area contributed by atoms with Crippen molar-refractivity contribution in [1.82, 2.24) is 10.4 Å². The minimum absolute atomic E-state index is 0.0490. The third-order valence-corrected chi connectivity index (χ3v) is 7.12. The van der Waals surface area contributed by atoms with Gasteiger partial charge < -0.3 is 0 Å². The van der Waals surface area contributed by atoms with E-state index in [-0.39, 0.29) is 16.6 Å². The summed E-state index contributed by atoms with van der Waals surface area (Å²) in [5.41, 5.74) is 4.36. The van der Waals surface area contributed by atoms with Crippen LogP contribution < -0.4 is 5.43 Å². The van der Waals surface area contributed by atoms with Crippen molar-refractivity contribution >= 4 is 23.9 Å². The summed E-state index contributed by atoms with van der Waals surface area (Å²) in [5.74, 6) is 1.63. The lowest BCUT2D eigenvalue weighted by molar-refractivity contribution is -0.131. The molecular weight excluding hydrogens is 294 g/mol. The Labute approximate surface area is 136 Å². The monoisotopic (exact) mass is 317 g/mol. The second kappa shape index (κ2) is 5.85. The number of rotatable bonds is 2. The van der Waals surface area contributed by atoms with Crippen LogP contribution >= 0.6 is 11.8 Å². The summed E-state index contributed by atoms with van der Waals surface area (Å²) in [7, 11) is 0. The molecule has 0 radical (unpaired) electrons. The third-order valence-electron chi connectivity index (χ3n) is 5.40. The van der Waals surface area contributed by atoms with Crippen molar-refractivity contribution in [3.8, 4) is 0 Å². The Bertz CT molecular complexity index is 550. The van der Waals surface area contributed by atoms with Crippen molar-refractivity contribution in [3.05, 3.63) is 23.9 Å². The molecule has 0 saturated carbocycles. The van der Waals surface area contributed by atoms with Gasteiger partial charge in [0.15, 0.2) is 0 Å². The minimum atomic E-state index is 0.0490. The van der Waals surface area contributed by atoms with Gasteiger partial charge in [0.25, 0.3) is 0 Å².